The van der Waals surface area contributed by atoms with Gasteiger partial charge >= 0.3 is 6.03 Å². The summed E-state index contributed by atoms with van der Waals surface area (Å²) < 4.78 is 1.23. The molecule has 0 saturated carbocycles. The lowest BCUT2D eigenvalue weighted by Crippen LogP contribution is -2.37. The first-order chi connectivity index (χ1) is 16.7. The molecule has 2 aromatic heterocycles. The van der Waals surface area contributed by atoms with E-state index in [2.05, 4.69) is 10.7 Å². The van der Waals surface area contributed by atoms with E-state index in [-0.39, 0.29) is 5.56 Å². The average Bonchev–Trinajstić information content (AvgIpc) is 3.31. The quantitative estimate of drug-likeness (QED) is 0.222. The van der Waals surface area contributed by atoms with Gasteiger partial charge in [-0.15, -0.1) is 11.3 Å². The number of aromatic nitrogens is 2. The van der Waals surface area contributed by atoms with Crippen LogP contribution in [0.15, 0.2) is 107 Å². The number of fused-ring (bicyclic) bond motifs is 1. The normalized spacial score (nSPS) is 10.8. The number of carbonyl (C=O) groups excluding carboxylic acids is 1. The number of anilines is 1. The van der Waals surface area contributed by atoms with Crippen LogP contribution in [0.5, 0.6) is 0 Å². The molecular formula is C26H20N4O2S2. The standard InChI is InChI=1S/C26H20N4O2S2/c31-24-21-16-22(19-12-6-2-7-13-19)34-23(21)28-26(33-17-18-10-4-1-5-11-18)30(24)29-25(32)27-20-14-8-3-9-15-20/h1-16H,17H2,(H2,27,29,32). The Labute approximate surface area is 204 Å². The third kappa shape index (κ3) is 4.88. The molecule has 3 aromatic carbocycles. The Morgan fingerprint density at radius 1 is 0.912 bits per heavy atom. The van der Waals surface area contributed by atoms with Gasteiger partial charge < -0.3 is 5.32 Å². The fraction of sp³-hybridized carbons (Fsp3) is 0.0385. The van der Waals surface area contributed by atoms with Gasteiger partial charge in [-0.3, -0.25) is 4.79 Å². The second-order valence-corrected chi connectivity index (χ2v) is 9.41. The molecule has 0 unspecified atom stereocenters. The maximum atomic E-state index is 13.5. The highest BCUT2D eigenvalue weighted by Gasteiger charge is 2.17. The minimum atomic E-state index is -0.519. The summed E-state index contributed by atoms with van der Waals surface area (Å²) in [5.41, 5.74) is 5.10. The van der Waals surface area contributed by atoms with E-state index in [1.807, 2.05) is 84.9 Å². The smallest absolute Gasteiger partial charge is 0.307 e. The molecule has 34 heavy (non-hydrogen) atoms. The van der Waals surface area contributed by atoms with E-state index in [9.17, 15) is 9.59 Å². The summed E-state index contributed by atoms with van der Waals surface area (Å²) in [6, 6.07) is 30.2. The largest absolute Gasteiger partial charge is 0.338 e. The van der Waals surface area contributed by atoms with Crippen LogP contribution in [0.2, 0.25) is 0 Å². The van der Waals surface area contributed by atoms with Crippen molar-refractivity contribution < 1.29 is 4.79 Å². The number of carbonyl (C=O) groups is 1. The molecule has 0 aliphatic rings. The van der Waals surface area contributed by atoms with Crippen molar-refractivity contribution in [1.82, 2.24) is 9.66 Å². The SMILES string of the molecule is O=C(Nc1ccccc1)Nn1c(SCc2ccccc2)nc2sc(-c3ccccc3)cc2c1=O. The molecule has 8 heteroatoms. The predicted octanol–water partition coefficient (Wildman–Crippen LogP) is 6.19. The van der Waals surface area contributed by atoms with Gasteiger partial charge in [0.1, 0.15) is 4.83 Å². The molecular weight excluding hydrogens is 464 g/mol. The zero-order valence-corrected chi connectivity index (χ0v) is 19.6. The Kier molecular flexibility index (Phi) is 6.42. The van der Waals surface area contributed by atoms with E-state index < -0.39 is 6.03 Å². The molecule has 0 spiro atoms. The fourth-order valence-corrected chi connectivity index (χ4v) is 5.39. The molecule has 0 aliphatic heterocycles. The third-order valence-corrected chi connectivity index (χ3v) is 7.14. The Balaban J connectivity index is 1.52. The predicted molar refractivity (Wildman–Crippen MR) is 140 cm³/mol. The van der Waals surface area contributed by atoms with Crippen LogP contribution >= 0.6 is 23.1 Å². The van der Waals surface area contributed by atoms with E-state index in [0.717, 1.165) is 16.0 Å². The fourth-order valence-electron chi connectivity index (χ4n) is 3.41. The summed E-state index contributed by atoms with van der Waals surface area (Å²) >= 11 is 2.86. The number of nitrogens with zero attached hydrogens (tertiary/aromatic N) is 2. The third-order valence-electron chi connectivity index (χ3n) is 5.05. The van der Waals surface area contributed by atoms with E-state index >= 15 is 0 Å². The van der Waals surface area contributed by atoms with Crippen molar-refractivity contribution in [2.75, 3.05) is 10.7 Å². The van der Waals surface area contributed by atoms with Crippen molar-refractivity contribution in [3.63, 3.8) is 0 Å². The molecule has 6 nitrogen and oxygen atoms in total. The molecule has 5 rings (SSSR count). The number of thioether (sulfide) groups is 1. The molecule has 2 heterocycles. The Morgan fingerprint density at radius 2 is 1.56 bits per heavy atom. The van der Waals surface area contributed by atoms with E-state index in [0.29, 0.717) is 26.8 Å². The van der Waals surface area contributed by atoms with Crippen LogP contribution in [-0.4, -0.2) is 15.7 Å². The summed E-state index contributed by atoms with van der Waals surface area (Å²) in [6.07, 6.45) is 0. The second-order valence-electron chi connectivity index (χ2n) is 7.44. The summed E-state index contributed by atoms with van der Waals surface area (Å²) in [7, 11) is 0. The average molecular weight is 485 g/mol. The molecule has 0 fully saturated rings. The molecule has 2 amide bonds. The van der Waals surface area contributed by atoms with Crippen LogP contribution in [0.3, 0.4) is 0 Å². The molecule has 0 radical (unpaired) electrons. The van der Waals surface area contributed by atoms with Crippen LogP contribution < -0.4 is 16.3 Å². The van der Waals surface area contributed by atoms with Gasteiger partial charge in [-0.05, 0) is 29.3 Å². The lowest BCUT2D eigenvalue weighted by atomic mass is 10.2. The van der Waals surface area contributed by atoms with Gasteiger partial charge in [-0.2, -0.15) is 4.68 Å². The van der Waals surface area contributed by atoms with Crippen LogP contribution in [0, 0.1) is 0 Å². The highest BCUT2D eigenvalue weighted by Crippen LogP contribution is 2.32. The molecule has 5 aromatic rings. The minimum Gasteiger partial charge on any atom is -0.307 e. The summed E-state index contributed by atoms with van der Waals surface area (Å²) in [4.78, 5) is 32.5. The van der Waals surface area contributed by atoms with Crippen molar-refractivity contribution >= 4 is 45.0 Å². The highest BCUT2D eigenvalue weighted by molar-refractivity contribution is 7.98. The van der Waals surface area contributed by atoms with Crippen molar-refractivity contribution in [3.8, 4) is 10.4 Å². The number of nitrogens with one attached hydrogen (secondary N) is 2. The molecule has 168 valence electrons. The van der Waals surface area contributed by atoms with Gasteiger partial charge in [-0.1, -0.05) is 90.6 Å². The number of hydrogen-bond acceptors (Lipinski definition) is 5. The van der Waals surface area contributed by atoms with Gasteiger partial charge in [0.2, 0.25) is 0 Å². The van der Waals surface area contributed by atoms with Crippen molar-refractivity contribution in [3.05, 3.63) is 113 Å². The Bertz CT molecular complexity index is 1480. The molecule has 0 atom stereocenters. The molecule has 0 saturated heterocycles. The second kappa shape index (κ2) is 9.94. The topological polar surface area (TPSA) is 76.0 Å². The number of urea groups is 1. The highest BCUT2D eigenvalue weighted by atomic mass is 32.2. The summed E-state index contributed by atoms with van der Waals surface area (Å²) in [5.74, 6) is 0.609. The van der Waals surface area contributed by atoms with Crippen molar-refractivity contribution in [1.29, 1.82) is 0 Å². The minimum absolute atomic E-state index is 0.317. The summed E-state index contributed by atoms with van der Waals surface area (Å²) in [6.45, 7) is 0. The first kappa shape index (κ1) is 21.9. The number of benzene rings is 3. The summed E-state index contributed by atoms with van der Waals surface area (Å²) in [5, 5.41) is 3.64. The Morgan fingerprint density at radius 3 is 2.26 bits per heavy atom. The van der Waals surface area contributed by atoms with E-state index in [1.54, 1.807) is 12.1 Å². The van der Waals surface area contributed by atoms with E-state index in [1.165, 1.54) is 27.8 Å². The number of hydrogen-bond donors (Lipinski definition) is 2. The first-order valence-electron chi connectivity index (χ1n) is 10.6. The van der Waals surface area contributed by atoms with Gasteiger partial charge in [0.25, 0.3) is 5.56 Å². The van der Waals surface area contributed by atoms with Gasteiger partial charge in [0.05, 0.1) is 5.39 Å². The number of thiophene rings is 1. The number of para-hydroxylation sites is 1. The van der Waals surface area contributed by atoms with Crippen LogP contribution in [0.1, 0.15) is 5.56 Å². The van der Waals surface area contributed by atoms with Crippen LogP contribution in [0.4, 0.5) is 10.5 Å². The lowest BCUT2D eigenvalue weighted by Gasteiger charge is -2.13. The maximum absolute atomic E-state index is 13.5. The van der Waals surface area contributed by atoms with Crippen molar-refractivity contribution in [2.45, 2.75) is 10.9 Å². The zero-order chi connectivity index (χ0) is 23.3. The lowest BCUT2D eigenvalue weighted by molar-refractivity contribution is 0.259. The molecule has 2 N–H and O–H groups in total. The zero-order valence-electron chi connectivity index (χ0n) is 18.0. The first-order valence-corrected chi connectivity index (χ1v) is 12.4. The monoisotopic (exact) mass is 484 g/mol. The van der Waals surface area contributed by atoms with Crippen molar-refractivity contribution in [2.24, 2.45) is 0 Å². The van der Waals surface area contributed by atoms with Gasteiger partial charge in [0, 0.05) is 16.3 Å². The number of rotatable bonds is 6. The van der Waals surface area contributed by atoms with Crippen LogP contribution in [0.25, 0.3) is 20.7 Å². The van der Waals surface area contributed by atoms with E-state index in [4.69, 9.17) is 4.98 Å². The molecule has 0 aliphatic carbocycles. The molecule has 0 bridgehead atoms. The number of amides is 2. The maximum Gasteiger partial charge on any atom is 0.338 e. The van der Waals surface area contributed by atoms with Gasteiger partial charge in [-0.25, -0.2) is 15.2 Å². The van der Waals surface area contributed by atoms with Gasteiger partial charge in [0.15, 0.2) is 5.16 Å². The van der Waals surface area contributed by atoms with Crippen LogP contribution in [-0.2, 0) is 5.75 Å². The Hall–Kier alpha value is -3.88.